The Hall–Kier alpha value is -3.69. The Bertz CT molecular complexity index is 1400. The Labute approximate surface area is 227 Å². The van der Waals surface area contributed by atoms with E-state index in [1.807, 2.05) is 48.5 Å². The minimum Gasteiger partial charge on any atom is -0.355 e. The van der Waals surface area contributed by atoms with E-state index in [0.717, 1.165) is 79.1 Å². The zero-order valence-electron chi connectivity index (χ0n) is 21.6. The summed E-state index contributed by atoms with van der Waals surface area (Å²) >= 11 is 6.14. The quantitative estimate of drug-likeness (QED) is 0.345. The standard InChI is InChI=1S/C28H32ClN9/c1-36-15-17-38(18-16-36)28-34-26(33-27(35-28)37-13-3-2-4-14-37)32-22-8-6-21(7-9-22)31-24-11-12-30-25-19-20(29)5-10-23(24)25/h5-12,19H,2-4,13-18H2,1H3,(H,30,31)(H,32,33,34,35). The van der Waals surface area contributed by atoms with Crippen LogP contribution in [-0.2, 0) is 0 Å². The van der Waals surface area contributed by atoms with E-state index in [2.05, 4.69) is 37.4 Å². The van der Waals surface area contributed by atoms with Gasteiger partial charge in [0, 0.05) is 72.9 Å². The second kappa shape index (κ2) is 11.0. The largest absolute Gasteiger partial charge is 0.355 e. The molecule has 0 amide bonds. The van der Waals surface area contributed by atoms with Crippen LogP contribution in [0.15, 0.2) is 54.7 Å². The van der Waals surface area contributed by atoms with E-state index in [1.54, 1.807) is 6.20 Å². The fraction of sp³-hybridized carbons (Fsp3) is 0.357. The Morgan fingerprint density at radius 1 is 0.711 bits per heavy atom. The minimum absolute atomic E-state index is 0.576. The molecule has 0 bridgehead atoms. The zero-order chi connectivity index (χ0) is 25.9. The number of rotatable bonds is 6. The van der Waals surface area contributed by atoms with E-state index >= 15 is 0 Å². The number of piperazine rings is 1. The average molecular weight is 530 g/mol. The highest BCUT2D eigenvalue weighted by Gasteiger charge is 2.21. The second-order valence-electron chi connectivity index (χ2n) is 9.94. The molecule has 0 saturated carbocycles. The van der Waals surface area contributed by atoms with Crippen molar-refractivity contribution in [1.29, 1.82) is 0 Å². The molecular formula is C28H32ClN9. The third kappa shape index (κ3) is 5.58. The minimum atomic E-state index is 0.576. The number of likely N-dealkylation sites (N-methyl/N-ethyl adjacent to an activating group) is 1. The lowest BCUT2D eigenvalue weighted by Gasteiger charge is -2.33. The normalized spacial score (nSPS) is 16.6. The molecule has 38 heavy (non-hydrogen) atoms. The molecule has 2 fully saturated rings. The van der Waals surface area contributed by atoms with Gasteiger partial charge < -0.3 is 25.3 Å². The molecule has 0 aliphatic carbocycles. The van der Waals surface area contributed by atoms with Crippen molar-refractivity contribution in [1.82, 2.24) is 24.8 Å². The van der Waals surface area contributed by atoms with Gasteiger partial charge in [0.05, 0.1) is 5.52 Å². The predicted octanol–water partition coefficient (Wildman–Crippen LogP) is 5.30. The first kappa shape index (κ1) is 24.6. The molecule has 0 radical (unpaired) electrons. The summed E-state index contributed by atoms with van der Waals surface area (Å²) in [7, 11) is 2.15. The average Bonchev–Trinajstić information content (AvgIpc) is 2.95. The first-order valence-electron chi connectivity index (χ1n) is 13.2. The molecule has 9 nitrogen and oxygen atoms in total. The molecule has 2 aliphatic heterocycles. The van der Waals surface area contributed by atoms with Gasteiger partial charge >= 0.3 is 0 Å². The molecule has 2 N–H and O–H groups in total. The molecule has 4 aromatic rings. The Balaban J connectivity index is 1.22. The number of hydrogen-bond acceptors (Lipinski definition) is 9. The molecule has 6 rings (SSSR count). The summed E-state index contributed by atoms with van der Waals surface area (Å²) in [4.78, 5) is 25.8. The number of fused-ring (bicyclic) bond motifs is 1. The van der Waals surface area contributed by atoms with E-state index in [0.29, 0.717) is 11.0 Å². The summed E-state index contributed by atoms with van der Waals surface area (Å²) < 4.78 is 0. The molecule has 10 heteroatoms. The number of nitrogens with zero attached hydrogens (tertiary/aromatic N) is 7. The third-order valence-electron chi connectivity index (χ3n) is 7.16. The number of nitrogens with one attached hydrogen (secondary N) is 2. The van der Waals surface area contributed by atoms with Crippen molar-refractivity contribution in [3.63, 3.8) is 0 Å². The lowest BCUT2D eigenvalue weighted by atomic mass is 10.1. The summed E-state index contributed by atoms with van der Waals surface area (Å²) in [6.45, 7) is 5.80. The lowest BCUT2D eigenvalue weighted by Crippen LogP contribution is -2.45. The smallest absolute Gasteiger partial charge is 0.233 e. The van der Waals surface area contributed by atoms with Gasteiger partial charge in [-0.3, -0.25) is 4.98 Å². The predicted molar refractivity (Wildman–Crippen MR) is 155 cm³/mol. The summed E-state index contributed by atoms with van der Waals surface area (Å²) in [5.74, 6) is 2.09. The molecular weight excluding hydrogens is 498 g/mol. The van der Waals surface area contributed by atoms with Crippen molar-refractivity contribution in [2.75, 3.05) is 66.7 Å². The number of benzene rings is 2. The van der Waals surface area contributed by atoms with Gasteiger partial charge in [-0.1, -0.05) is 11.6 Å². The monoisotopic (exact) mass is 529 g/mol. The van der Waals surface area contributed by atoms with Crippen LogP contribution in [0.2, 0.25) is 5.02 Å². The number of pyridine rings is 1. The van der Waals surface area contributed by atoms with Crippen LogP contribution >= 0.6 is 11.6 Å². The van der Waals surface area contributed by atoms with Crippen LogP contribution in [0.4, 0.5) is 34.9 Å². The van der Waals surface area contributed by atoms with Gasteiger partial charge in [0.1, 0.15) is 0 Å². The van der Waals surface area contributed by atoms with Crippen LogP contribution in [0.5, 0.6) is 0 Å². The van der Waals surface area contributed by atoms with E-state index in [4.69, 9.17) is 26.6 Å². The highest BCUT2D eigenvalue weighted by molar-refractivity contribution is 6.31. The SMILES string of the molecule is CN1CCN(c2nc(Nc3ccc(Nc4ccnc5cc(Cl)ccc45)cc3)nc(N3CCCCC3)n2)CC1. The Kier molecular flexibility index (Phi) is 7.11. The molecule has 2 aliphatic rings. The van der Waals surface area contributed by atoms with E-state index in [9.17, 15) is 0 Å². The molecule has 4 heterocycles. The maximum atomic E-state index is 6.14. The van der Waals surface area contributed by atoms with Gasteiger partial charge in [-0.2, -0.15) is 15.0 Å². The Morgan fingerprint density at radius 2 is 1.37 bits per heavy atom. The maximum Gasteiger partial charge on any atom is 0.233 e. The summed E-state index contributed by atoms with van der Waals surface area (Å²) in [5, 5.41) is 8.61. The molecule has 2 aromatic carbocycles. The summed E-state index contributed by atoms with van der Waals surface area (Å²) in [6, 6.07) is 15.9. The highest BCUT2D eigenvalue weighted by Crippen LogP contribution is 2.28. The molecule has 0 spiro atoms. The maximum absolute atomic E-state index is 6.14. The topological polar surface area (TPSA) is 85.3 Å². The zero-order valence-corrected chi connectivity index (χ0v) is 22.3. The van der Waals surface area contributed by atoms with Crippen LogP contribution in [-0.4, -0.2) is 71.2 Å². The molecule has 2 saturated heterocycles. The van der Waals surface area contributed by atoms with Crippen molar-refractivity contribution in [3.05, 3.63) is 59.8 Å². The number of halogens is 1. The molecule has 2 aromatic heterocycles. The third-order valence-corrected chi connectivity index (χ3v) is 7.40. The molecule has 0 unspecified atom stereocenters. The van der Waals surface area contributed by atoms with E-state index < -0.39 is 0 Å². The van der Waals surface area contributed by atoms with Gasteiger partial charge in [0.15, 0.2) is 0 Å². The van der Waals surface area contributed by atoms with Crippen LogP contribution < -0.4 is 20.4 Å². The van der Waals surface area contributed by atoms with Gasteiger partial charge in [0.25, 0.3) is 0 Å². The lowest BCUT2D eigenvalue weighted by molar-refractivity contribution is 0.311. The Morgan fingerprint density at radius 3 is 2.08 bits per heavy atom. The number of piperidine rings is 1. The van der Waals surface area contributed by atoms with Crippen molar-refractivity contribution in [2.24, 2.45) is 0 Å². The summed E-state index contributed by atoms with van der Waals surface area (Å²) in [5.41, 5.74) is 3.73. The van der Waals surface area contributed by atoms with Crippen LogP contribution in [0.1, 0.15) is 19.3 Å². The fourth-order valence-corrected chi connectivity index (χ4v) is 5.11. The van der Waals surface area contributed by atoms with Crippen molar-refractivity contribution in [2.45, 2.75) is 19.3 Å². The molecule has 196 valence electrons. The van der Waals surface area contributed by atoms with Gasteiger partial charge in [0.2, 0.25) is 17.8 Å². The van der Waals surface area contributed by atoms with Crippen LogP contribution in [0.3, 0.4) is 0 Å². The number of aromatic nitrogens is 4. The number of hydrogen-bond donors (Lipinski definition) is 2. The van der Waals surface area contributed by atoms with Crippen LogP contribution in [0.25, 0.3) is 10.9 Å². The highest BCUT2D eigenvalue weighted by atomic mass is 35.5. The van der Waals surface area contributed by atoms with Gasteiger partial charge in [-0.25, -0.2) is 0 Å². The van der Waals surface area contributed by atoms with Crippen LogP contribution in [0, 0.1) is 0 Å². The molecule has 0 atom stereocenters. The van der Waals surface area contributed by atoms with Crippen molar-refractivity contribution < 1.29 is 0 Å². The first-order chi connectivity index (χ1) is 18.6. The second-order valence-corrected chi connectivity index (χ2v) is 10.4. The van der Waals surface area contributed by atoms with Gasteiger partial charge in [-0.05, 0) is 74.8 Å². The first-order valence-corrected chi connectivity index (χ1v) is 13.6. The fourth-order valence-electron chi connectivity index (χ4n) is 4.94. The van der Waals surface area contributed by atoms with Crippen molar-refractivity contribution >= 4 is 57.4 Å². The van der Waals surface area contributed by atoms with E-state index in [-0.39, 0.29) is 0 Å². The van der Waals surface area contributed by atoms with Gasteiger partial charge in [-0.15, -0.1) is 0 Å². The van der Waals surface area contributed by atoms with E-state index in [1.165, 1.54) is 19.3 Å². The summed E-state index contributed by atoms with van der Waals surface area (Å²) in [6.07, 6.45) is 5.40. The van der Waals surface area contributed by atoms with Crippen molar-refractivity contribution in [3.8, 4) is 0 Å². The number of anilines is 6.